The highest BCUT2D eigenvalue weighted by molar-refractivity contribution is 5.93. The lowest BCUT2D eigenvalue weighted by atomic mass is 9.81. The number of methoxy groups -OCH3 is 1. The Labute approximate surface area is 239 Å². The van der Waals surface area contributed by atoms with Crippen LogP contribution in [0.1, 0.15) is 53.0 Å². The molecule has 1 N–H and O–H groups in total. The van der Waals surface area contributed by atoms with Crippen LogP contribution >= 0.6 is 0 Å². The Morgan fingerprint density at radius 3 is 2.24 bits per heavy atom. The van der Waals surface area contributed by atoms with Crippen molar-refractivity contribution in [3.63, 3.8) is 0 Å². The van der Waals surface area contributed by atoms with Crippen molar-refractivity contribution in [1.82, 2.24) is 4.57 Å². The molecule has 41 heavy (non-hydrogen) atoms. The van der Waals surface area contributed by atoms with Gasteiger partial charge in [0.1, 0.15) is 18.2 Å². The number of aromatic nitrogens is 1. The van der Waals surface area contributed by atoms with E-state index in [1.165, 1.54) is 12.1 Å². The minimum absolute atomic E-state index is 0.245. The van der Waals surface area contributed by atoms with Crippen molar-refractivity contribution in [2.75, 3.05) is 13.7 Å². The predicted molar refractivity (Wildman–Crippen MR) is 160 cm³/mol. The zero-order valence-electron chi connectivity index (χ0n) is 23.6. The van der Waals surface area contributed by atoms with Gasteiger partial charge in [0.05, 0.1) is 11.1 Å². The summed E-state index contributed by atoms with van der Waals surface area (Å²) < 4.78 is 28.2. The fourth-order valence-electron chi connectivity index (χ4n) is 5.43. The second kappa shape index (κ2) is 12.0. The normalized spacial score (nSPS) is 11.6. The molecule has 5 aromatic rings. The van der Waals surface area contributed by atoms with E-state index in [9.17, 15) is 14.3 Å². The fraction of sp³-hybridized carbons (Fsp3) is 0.229. The van der Waals surface area contributed by atoms with Crippen LogP contribution in [0.15, 0.2) is 97.1 Å². The molecule has 1 aromatic heterocycles. The summed E-state index contributed by atoms with van der Waals surface area (Å²) >= 11 is 0. The van der Waals surface area contributed by atoms with Crippen molar-refractivity contribution in [1.29, 1.82) is 0 Å². The minimum atomic E-state index is -0.956. The van der Waals surface area contributed by atoms with Crippen molar-refractivity contribution in [2.24, 2.45) is 0 Å². The molecule has 0 saturated heterocycles. The summed E-state index contributed by atoms with van der Waals surface area (Å²) in [4.78, 5) is 11.5. The number of ether oxygens (including phenoxy) is 2. The van der Waals surface area contributed by atoms with Gasteiger partial charge in [0.2, 0.25) is 0 Å². The first-order valence-corrected chi connectivity index (χ1v) is 13.7. The van der Waals surface area contributed by atoms with Gasteiger partial charge in [-0.05, 0) is 71.6 Å². The van der Waals surface area contributed by atoms with Gasteiger partial charge in [0.25, 0.3) is 0 Å². The molecule has 0 spiro atoms. The molecule has 210 valence electrons. The van der Waals surface area contributed by atoms with Crippen LogP contribution < -0.4 is 4.74 Å². The average molecular weight is 552 g/mol. The van der Waals surface area contributed by atoms with Crippen LogP contribution in [0.3, 0.4) is 0 Å². The summed E-state index contributed by atoms with van der Waals surface area (Å²) in [5.74, 6) is -0.494. The van der Waals surface area contributed by atoms with Crippen molar-refractivity contribution in [3.05, 3.63) is 131 Å². The van der Waals surface area contributed by atoms with Gasteiger partial charge in [0.15, 0.2) is 0 Å². The van der Waals surface area contributed by atoms with Crippen LogP contribution in [0.4, 0.5) is 4.39 Å². The molecule has 0 aliphatic heterocycles. The fourth-order valence-corrected chi connectivity index (χ4v) is 5.43. The average Bonchev–Trinajstić information content (AvgIpc) is 3.31. The Morgan fingerprint density at radius 1 is 0.878 bits per heavy atom. The number of halogens is 1. The summed E-state index contributed by atoms with van der Waals surface area (Å²) in [6.07, 6.45) is 1.31. The molecule has 0 aliphatic rings. The zero-order valence-corrected chi connectivity index (χ0v) is 23.6. The summed E-state index contributed by atoms with van der Waals surface area (Å²) in [5.41, 5.74) is 5.92. The third kappa shape index (κ3) is 6.03. The maximum Gasteiger partial charge on any atom is 0.335 e. The van der Waals surface area contributed by atoms with Crippen LogP contribution in [-0.4, -0.2) is 29.4 Å². The van der Waals surface area contributed by atoms with E-state index in [1.54, 1.807) is 31.4 Å². The van der Waals surface area contributed by atoms with Crippen LogP contribution in [-0.2, 0) is 23.2 Å². The molecular formula is C35H34FNO4. The number of carbonyl (C=O) groups is 1. The molecule has 0 amide bonds. The lowest BCUT2D eigenvalue weighted by molar-refractivity contribution is 0.0697. The Hall–Kier alpha value is -4.42. The molecule has 6 heteroatoms. The molecule has 0 aliphatic carbocycles. The van der Waals surface area contributed by atoms with E-state index in [0.29, 0.717) is 19.6 Å². The lowest BCUT2D eigenvalue weighted by Gasteiger charge is -2.29. The number of aromatic carboxylic acids is 1. The molecule has 0 fully saturated rings. The number of carboxylic acids is 1. The SMILES string of the molecule is COCCC(C)(C)c1c(Cc2ccc(C(=O)O)cc2)c2c(OCc3ccccc3)cccc2n1-c1ccc(F)cc1. The van der Waals surface area contributed by atoms with Gasteiger partial charge in [-0.3, -0.25) is 0 Å². The molecule has 0 saturated carbocycles. The Bertz CT molecular complexity index is 1640. The number of carboxylic acid groups (broad SMARTS) is 1. The van der Waals surface area contributed by atoms with Gasteiger partial charge in [-0.1, -0.05) is 62.4 Å². The van der Waals surface area contributed by atoms with Gasteiger partial charge in [0, 0.05) is 42.3 Å². The van der Waals surface area contributed by atoms with Crippen LogP contribution in [0.5, 0.6) is 5.75 Å². The summed E-state index contributed by atoms with van der Waals surface area (Å²) in [6, 6.07) is 29.6. The number of rotatable bonds is 11. The monoisotopic (exact) mass is 551 g/mol. The first-order valence-electron chi connectivity index (χ1n) is 13.7. The van der Waals surface area contributed by atoms with Gasteiger partial charge in [-0.25, -0.2) is 9.18 Å². The molecule has 5 rings (SSSR count). The maximum atomic E-state index is 14.0. The summed E-state index contributed by atoms with van der Waals surface area (Å²) in [6.45, 7) is 5.38. The van der Waals surface area contributed by atoms with E-state index in [1.807, 2.05) is 54.6 Å². The van der Waals surface area contributed by atoms with Crippen molar-refractivity contribution in [2.45, 2.75) is 38.7 Å². The largest absolute Gasteiger partial charge is 0.488 e. The van der Waals surface area contributed by atoms with E-state index in [4.69, 9.17) is 9.47 Å². The van der Waals surface area contributed by atoms with Crippen molar-refractivity contribution in [3.8, 4) is 11.4 Å². The number of fused-ring (bicyclic) bond motifs is 1. The molecule has 4 aromatic carbocycles. The molecular weight excluding hydrogens is 517 g/mol. The van der Waals surface area contributed by atoms with Crippen LogP contribution in [0, 0.1) is 5.82 Å². The topological polar surface area (TPSA) is 60.7 Å². The summed E-state index contributed by atoms with van der Waals surface area (Å²) in [7, 11) is 1.70. The second-order valence-corrected chi connectivity index (χ2v) is 10.9. The van der Waals surface area contributed by atoms with Gasteiger partial charge < -0.3 is 19.1 Å². The van der Waals surface area contributed by atoms with Crippen LogP contribution in [0.2, 0.25) is 0 Å². The second-order valence-electron chi connectivity index (χ2n) is 10.9. The summed E-state index contributed by atoms with van der Waals surface area (Å²) in [5, 5.41) is 10.4. The van der Waals surface area contributed by atoms with Crippen LogP contribution in [0.25, 0.3) is 16.6 Å². The highest BCUT2D eigenvalue weighted by Crippen LogP contribution is 2.43. The van der Waals surface area contributed by atoms with Crippen molar-refractivity contribution < 1.29 is 23.8 Å². The van der Waals surface area contributed by atoms with Crippen molar-refractivity contribution >= 4 is 16.9 Å². The Kier molecular flexibility index (Phi) is 8.22. The Morgan fingerprint density at radius 2 is 1.59 bits per heavy atom. The Balaban J connectivity index is 1.75. The number of benzene rings is 4. The molecule has 5 nitrogen and oxygen atoms in total. The molecule has 0 unspecified atom stereocenters. The predicted octanol–water partition coefficient (Wildman–Crippen LogP) is 7.95. The standard InChI is InChI=1S/C35H34FNO4/c1-35(2,20-21-40-3)33-29(22-24-12-14-26(15-13-24)34(38)39)32-30(37(33)28-18-16-27(36)17-19-28)10-7-11-31(32)41-23-25-8-5-4-6-9-25/h4-19H,20-23H2,1-3H3,(H,38,39). The third-order valence-electron chi connectivity index (χ3n) is 7.53. The first kappa shape index (κ1) is 28.1. The highest BCUT2D eigenvalue weighted by atomic mass is 19.1. The van der Waals surface area contributed by atoms with E-state index >= 15 is 0 Å². The maximum absolute atomic E-state index is 14.0. The van der Waals surface area contributed by atoms with E-state index < -0.39 is 5.97 Å². The number of nitrogens with zero attached hydrogens (tertiary/aromatic N) is 1. The van der Waals surface area contributed by atoms with Gasteiger partial charge in [-0.2, -0.15) is 0 Å². The van der Waals surface area contributed by atoms with Gasteiger partial charge >= 0.3 is 5.97 Å². The molecule has 0 atom stereocenters. The van der Waals surface area contributed by atoms with E-state index in [0.717, 1.165) is 51.1 Å². The highest BCUT2D eigenvalue weighted by Gasteiger charge is 2.32. The van der Waals surface area contributed by atoms with E-state index in [-0.39, 0.29) is 16.8 Å². The number of hydrogen-bond acceptors (Lipinski definition) is 3. The van der Waals surface area contributed by atoms with Gasteiger partial charge in [-0.15, -0.1) is 0 Å². The molecule has 0 radical (unpaired) electrons. The lowest BCUT2D eigenvalue weighted by Crippen LogP contribution is -2.25. The minimum Gasteiger partial charge on any atom is -0.488 e. The molecule has 0 bridgehead atoms. The van der Waals surface area contributed by atoms with E-state index in [2.05, 4.69) is 24.5 Å². The quantitative estimate of drug-likeness (QED) is 0.181. The number of hydrogen-bond donors (Lipinski definition) is 1. The smallest absolute Gasteiger partial charge is 0.335 e. The first-order chi connectivity index (χ1) is 19.8. The third-order valence-corrected chi connectivity index (χ3v) is 7.53. The molecule has 1 heterocycles. The zero-order chi connectivity index (χ0) is 29.0.